The van der Waals surface area contributed by atoms with Gasteiger partial charge < -0.3 is 14.2 Å². The third-order valence-electron chi connectivity index (χ3n) is 6.23. The fourth-order valence-electron chi connectivity index (χ4n) is 4.27. The predicted molar refractivity (Wildman–Crippen MR) is 140 cm³/mol. The second-order valence-corrected chi connectivity index (χ2v) is 11.2. The molecular formula is C25H31N3O6S2. The molecule has 1 fully saturated rings. The van der Waals surface area contributed by atoms with Crippen molar-refractivity contribution >= 4 is 42.6 Å². The number of amides is 1. The van der Waals surface area contributed by atoms with Crippen LogP contribution in [0.1, 0.15) is 37.0 Å². The molecule has 0 radical (unpaired) electrons. The minimum absolute atomic E-state index is 0.105. The molecule has 1 unspecified atom stereocenters. The lowest BCUT2D eigenvalue weighted by molar-refractivity contribution is 0.0917. The van der Waals surface area contributed by atoms with E-state index < -0.39 is 10.0 Å². The molecule has 36 heavy (non-hydrogen) atoms. The highest BCUT2D eigenvalue weighted by atomic mass is 32.2. The Morgan fingerprint density at radius 1 is 1.08 bits per heavy atom. The number of carbonyl (C=O) groups is 1. The van der Waals surface area contributed by atoms with Gasteiger partial charge in [0.15, 0.2) is 5.13 Å². The van der Waals surface area contributed by atoms with Gasteiger partial charge in [-0.15, -0.1) is 0 Å². The van der Waals surface area contributed by atoms with Crippen molar-refractivity contribution in [1.82, 2.24) is 9.29 Å². The first kappa shape index (κ1) is 26.3. The molecule has 9 nitrogen and oxygen atoms in total. The van der Waals surface area contributed by atoms with Crippen LogP contribution in [0.25, 0.3) is 10.2 Å². The van der Waals surface area contributed by atoms with E-state index in [1.807, 2.05) is 6.07 Å². The van der Waals surface area contributed by atoms with Gasteiger partial charge in [0.25, 0.3) is 5.91 Å². The Labute approximate surface area is 215 Å². The minimum Gasteiger partial charge on any atom is -0.495 e. The van der Waals surface area contributed by atoms with Crippen molar-refractivity contribution in [2.45, 2.75) is 37.7 Å². The number of ether oxygens (including phenoxy) is 3. The van der Waals surface area contributed by atoms with Crippen molar-refractivity contribution in [3.05, 3.63) is 42.0 Å². The van der Waals surface area contributed by atoms with Gasteiger partial charge in [-0.2, -0.15) is 4.31 Å². The SMILES string of the molecule is CCN(CC)S(=O)(=O)c1ccc(C(=O)N(CC2CCCO2)c2nc3c(OC)ccc(OC)c3s2)cc1. The first-order chi connectivity index (χ1) is 17.3. The second kappa shape index (κ2) is 11.1. The van der Waals surface area contributed by atoms with Crippen molar-refractivity contribution in [2.75, 3.05) is 45.4 Å². The van der Waals surface area contributed by atoms with Gasteiger partial charge in [-0.05, 0) is 49.2 Å². The van der Waals surface area contributed by atoms with Gasteiger partial charge in [0, 0.05) is 25.3 Å². The van der Waals surface area contributed by atoms with E-state index >= 15 is 0 Å². The Kier molecular flexibility index (Phi) is 8.13. The Balaban J connectivity index is 1.72. The molecule has 1 saturated heterocycles. The molecular weight excluding hydrogens is 502 g/mol. The smallest absolute Gasteiger partial charge is 0.260 e. The fraction of sp³-hybridized carbons (Fsp3) is 0.440. The number of thiazole rings is 1. The standard InChI is InChI=1S/C25H31N3O6S2/c1-5-27(6-2)36(30,31)19-11-9-17(10-12-19)24(29)28(16-18-8-7-15-34-18)25-26-22-20(32-3)13-14-21(33-4)23(22)35-25/h9-14,18H,5-8,15-16H2,1-4H3. The average Bonchev–Trinajstić information content (AvgIpc) is 3.57. The molecule has 1 aliphatic rings. The number of carbonyl (C=O) groups excluding carboxylic acids is 1. The first-order valence-electron chi connectivity index (χ1n) is 11.9. The van der Waals surface area contributed by atoms with E-state index in [9.17, 15) is 13.2 Å². The largest absolute Gasteiger partial charge is 0.495 e. The van der Waals surface area contributed by atoms with Crippen LogP contribution in [0.2, 0.25) is 0 Å². The zero-order chi connectivity index (χ0) is 25.9. The minimum atomic E-state index is -3.62. The van der Waals surface area contributed by atoms with Crippen LogP contribution in [0.5, 0.6) is 11.5 Å². The summed E-state index contributed by atoms with van der Waals surface area (Å²) in [6.07, 6.45) is 1.68. The van der Waals surface area contributed by atoms with E-state index in [4.69, 9.17) is 19.2 Å². The Hall–Kier alpha value is -2.73. The Bertz CT molecular complexity index is 1270. The number of sulfonamides is 1. The number of anilines is 1. The summed E-state index contributed by atoms with van der Waals surface area (Å²) in [4.78, 5) is 20.2. The molecule has 0 N–H and O–H groups in total. The van der Waals surface area contributed by atoms with Gasteiger partial charge in [-0.3, -0.25) is 9.69 Å². The second-order valence-electron chi connectivity index (χ2n) is 8.31. The number of hydrogen-bond acceptors (Lipinski definition) is 8. The van der Waals surface area contributed by atoms with Gasteiger partial charge in [0.1, 0.15) is 21.7 Å². The van der Waals surface area contributed by atoms with E-state index in [-0.39, 0.29) is 16.9 Å². The van der Waals surface area contributed by atoms with Gasteiger partial charge in [-0.25, -0.2) is 13.4 Å². The van der Waals surface area contributed by atoms with Crippen LogP contribution in [0.3, 0.4) is 0 Å². The number of rotatable bonds is 10. The molecule has 2 heterocycles. The Morgan fingerprint density at radius 3 is 2.33 bits per heavy atom. The number of methoxy groups -OCH3 is 2. The van der Waals surface area contributed by atoms with E-state index in [0.717, 1.165) is 17.5 Å². The van der Waals surface area contributed by atoms with Crippen molar-refractivity contribution < 1.29 is 27.4 Å². The summed E-state index contributed by atoms with van der Waals surface area (Å²) in [7, 11) is -0.457. The van der Waals surface area contributed by atoms with Gasteiger partial charge in [0.05, 0.1) is 31.8 Å². The molecule has 4 rings (SSSR count). The zero-order valence-electron chi connectivity index (χ0n) is 20.9. The summed E-state index contributed by atoms with van der Waals surface area (Å²) in [5, 5.41) is 0.494. The molecule has 3 aromatic rings. The molecule has 194 valence electrons. The van der Waals surface area contributed by atoms with Gasteiger partial charge in [0.2, 0.25) is 10.0 Å². The highest BCUT2D eigenvalue weighted by molar-refractivity contribution is 7.89. The summed E-state index contributed by atoms with van der Waals surface area (Å²) in [5.74, 6) is 0.947. The number of nitrogens with zero attached hydrogens (tertiary/aromatic N) is 3. The number of fused-ring (bicyclic) bond motifs is 1. The molecule has 1 aliphatic heterocycles. The molecule has 2 aromatic carbocycles. The molecule has 0 aliphatic carbocycles. The monoisotopic (exact) mass is 533 g/mol. The lowest BCUT2D eigenvalue weighted by Gasteiger charge is -2.23. The number of hydrogen-bond donors (Lipinski definition) is 0. The topological polar surface area (TPSA) is 98.3 Å². The van der Waals surface area contributed by atoms with Gasteiger partial charge in [-0.1, -0.05) is 25.2 Å². The van der Waals surface area contributed by atoms with Crippen LogP contribution in [-0.2, 0) is 14.8 Å². The van der Waals surface area contributed by atoms with Crippen LogP contribution >= 0.6 is 11.3 Å². The first-order valence-corrected chi connectivity index (χ1v) is 14.1. The van der Waals surface area contributed by atoms with Crippen molar-refractivity contribution in [3.63, 3.8) is 0 Å². The maximum absolute atomic E-state index is 13.7. The Morgan fingerprint density at radius 2 is 1.75 bits per heavy atom. The molecule has 1 atom stereocenters. The predicted octanol–water partition coefficient (Wildman–Crippen LogP) is 4.17. The van der Waals surface area contributed by atoms with Crippen LogP contribution in [-0.4, -0.2) is 70.2 Å². The molecule has 0 bridgehead atoms. The number of aromatic nitrogens is 1. The molecule has 1 amide bonds. The lowest BCUT2D eigenvalue weighted by Crippen LogP contribution is -2.37. The average molecular weight is 534 g/mol. The van der Waals surface area contributed by atoms with Crippen molar-refractivity contribution in [2.24, 2.45) is 0 Å². The molecule has 0 spiro atoms. The summed E-state index contributed by atoms with van der Waals surface area (Å²) in [6.45, 7) is 5.33. The lowest BCUT2D eigenvalue weighted by atomic mass is 10.2. The van der Waals surface area contributed by atoms with Crippen LogP contribution < -0.4 is 14.4 Å². The maximum Gasteiger partial charge on any atom is 0.260 e. The third-order valence-corrected chi connectivity index (χ3v) is 9.39. The van der Waals surface area contributed by atoms with Gasteiger partial charge >= 0.3 is 0 Å². The van der Waals surface area contributed by atoms with Crippen LogP contribution in [0, 0.1) is 0 Å². The van der Waals surface area contributed by atoms with E-state index in [0.29, 0.717) is 54.0 Å². The molecule has 0 saturated carbocycles. The normalized spacial score (nSPS) is 16.0. The highest BCUT2D eigenvalue weighted by Crippen LogP contribution is 2.40. The van der Waals surface area contributed by atoms with E-state index in [1.165, 1.54) is 27.8 Å². The zero-order valence-corrected chi connectivity index (χ0v) is 22.5. The quantitative estimate of drug-likeness (QED) is 0.386. The fourth-order valence-corrected chi connectivity index (χ4v) is 6.81. The summed E-state index contributed by atoms with van der Waals surface area (Å²) in [5.41, 5.74) is 0.979. The van der Waals surface area contributed by atoms with Crippen molar-refractivity contribution in [1.29, 1.82) is 0 Å². The van der Waals surface area contributed by atoms with E-state index in [2.05, 4.69) is 0 Å². The highest BCUT2D eigenvalue weighted by Gasteiger charge is 2.29. The summed E-state index contributed by atoms with van der Waals surface area (Å²) < 4.78 is 44.7. The summed E-state index contributed by atoms with van der Waals surface area (Å²) >= 11 is 1.34. The molecule has 11 heteroatoms. The van der Waals surface area contributed by atoms with Crippen LogP contribution in [0.15, 0.2) is 41.3 Å². The van der Waals surface area contributed by atoms with Crippen molar-refractivity contribution in [3.8, 4) is 11.5 Å². The van der Waals surface area contributed by atoms with Crippen LogP contribution in [0.4, 0.5) is 5.13 Å². The number of benzene rings is 2. The van der Waals surface area contributed by atoms with E-state index in [1.54, 1.807) is 51.2 Å². The third kappa shape index (κ3) is 5.06. The summed E-state index contributed by atoms with van der Waals surface area (Å²) in [6, 6.07) is 9.66. The maximum atomic E-state index is 13.7. The molecule has 1 aromatic heterocycles.